The van der Waals surface area contributed by atoms with Gasteiger partial charge in [-0.05, 0) is 49.4 Å². The number of benzene rings is 1. The van der Waals surface area contributed by atoms with Crippen molar-refractivity contribution in [3.05, 3.63) is 20.2 Å². The van der Waals surface area contributed by atoms with Crippen molar-refractivity contribution >= 4 is 40.1 Å². The van der Waals surface area contributed by atoms with Gasteiger partial charge in [0, 0.05) is 9.11 Å². The van der Waals surface area contributed by atoms with Gasteiger partial charge in [-0.15, -0.1) is 0 Å². The third-order valence-electron chi connectivity index (χ3n) is 1.89. The maximum absolute atomic E-state index is 12.0. The molecule has 4 nitrogen and oxygen atoms in total. The molecule has 6 heteroatoms. The fourth-order valence-corrected chi connectivity index (χ4v) is 2.46. The van der Waals surface area contributed by atoms with Gasteiger partial charge in [-0.3, -0.25) is 4.79 Å². The summed E-state index contributed by atoms with van der Waals surface area (Å²) >= 11 is 7.73. The van der Waals surface area contributed by atoms with Crippen molar-refractivity contribution < 1.29 is 15.0 Å². The Morgan fingerprint density at radius 1 is 1.41 bits per heavy atom. The van der Waals surface area contributed by atoms with Crippen LogP contribution in [0.4, 0.5) is 0 Å². The number of phenolic OH excluding ortho intramolecular Hbond substituents is 2. The average molecular weight is 370 g/mol. The Morgan fingerprint density at radius 3 is 2.41 bits per heavy atom. The van der Waals surface area contributed by atoms with E-state index in [0.29, 0.717) is 3.57 Å². The minimum absolute atomic E-state index is 0.142. The van der Waals surface area contributed by atoms with Gasteiger partial charge in [0.1, 0.15) is 5.02 Å². The van der Waals surface area contributed by atoms with Gasteiger partial charge in [0.05, 0.1) is 5.56 Å². The number of hydrogen-bond donors (Lipinski definition) is 3. The third kappa shape index (κ3) is 3.38. The topological polar surface area (TPSA) is 69.6 Å². The summed E-state index contributed by atoms with van der Waals surface area (Å²) < 4.78 is 0.477. The summed E-state index contributed by atoms with van der Waals surface area (Å²) in [7, 11) is 0. The zero-order valence-electron chi connectivity index (χ0n) is 9.64. The lowest BCUT2D eigenvalue weighted by Crippen LogP contribution is -2.41. The number of halogens is 2. The molecular formula is C11H13ClINO3. The average Bonchev–Trinajstić information content (AvgIpc) is 2.11. The van der Waals surface area contributed by atoms with E-state index in [9.17, 15) is 15.0 Å². The smallest absolute Gasteiger partial charge is 0.254 e. The number of hydrogen-bond acceptors (Lipinski definition) is 3. The third-order valence-corrected chi connectivity index (χ3v) is 3.11. The highest BCUT2D eigenvalue weighted by molar-refractivity contribution is 14.1. The fourth-order valence-electron chi connectivity index (χ4n) is 1.21. The summed E-state index contributed by atoms with van der Waals surface area (Å²) in [5, 5.41) is 21.4. The molecule has 0 radical (unpaired) electrons. The molecule has 1 aromatic rings. The first-order chi connectivity index (χ1) is 7.63. The lowest BCUT2D eigenvalue weighted by atomic mass is 10.1. The first-order valence-corrected chi connectivity index (χ1v) is 6.31. The summed E-state index contributed by atoms with van der Waals surface area (Å²) in [6.45, 7) is 5.52. The number of carbonyl (C=O) groups excluding carboxylic acids is 1. The minimum atomic E-state index is -0.480. The molecule has 1 amide bonds. The lowest BCUT2D eigenvalue weighted by molar-refractivity contribution is 0.0918. The highest BCUT2D eigenvalue weighted by Crippen LogP contribution is 2.38. The Bertz CT molecular complexity index is 469. The molecule has 0 unspecified atom stereocenters. The molecule has 0 aromatic heterocycles. The fraction of sp³-hybridized carbons (Fsp3) is 0.364. The number of aromatic hydroxyl groups is 2. The first-order valence-electron chi connectivity index (χ1n) is 4.86. The molecule has 0 aliphatic rings. The number of amides is 1. The normalized spacial score (nSPS) is 11.4. The molecule has 1 aromatic carbocycles. The summed E-state index contributed by atoms with van der Waals surface area (Å²) in [4.78, 5) is 12.0. The van der Waals surface area contributed by atoms with Gasteiger partial charge < -0.3 is 15.5 Å². The molecular weight excluding hydrogens is 356 g/mol. The molecule has 17 heavy (non-hydrogen) atoms. The van der Waals surface area contributed by atoms with Gasteiger partial charge in [-0.2, -0.15) is 0 Å². The summed E-state index contributed by atoms with van der Waals surface area (Å²) in [6, 6.07) is 1.29. The Balaban J connectivity index is 3.24. The second kappa shape index (κ2) is 4.89. The molecule has 3 N–H and O–H groups in total. The van der Waals surface area contributed by atoms with Crippen LogP contribution in [-0.4, -0.2) is 21.7 Å². The van der Waals surface area contributed by atoms with Crippen molar-refractivity contribution in [1.29, 1.82) is 0 Å². The molecule has 0 saturated carbocycles. The predicted molar refractivity (Wildman–Crippen MR) is 74.7 cm³/mol. The van der Waals surface area contributed by atoms with Crippen LogP contribution in [0.3, 0.4) is 0 Å². The van der Waals surface area contributed by atoms with E-state index in [1.165, 1.54) is 6.07 Å². The van der Waals surface area contributed by atoms with Gasteiger partial charge in [-0.25, -0.2) is 0 Å². The predicted octanol–water partition coefficient (Wildman–Crippen LogP) is 2.88. The number of nitrogens with one attached hydrogen (secondary N) is 1. The Hall–Kier alpha value is -0.690. The van der Waals surface area contributed by atoms with Crippen LogP contribution in [-0.2, 0) is 0 Å². The molecule has 0 heterocycles. The largest absolute Gasteiger partial charge is 0.504 e. The van der Waals surface area contributed by atoms with Gasteiger partial charge in [-0.1, -0.05) is 11.6 Å². The maximum Gasteiger partial charge on any atom is 0.254 e. The number of rotatable bonds is 1. The first kappa shape index (κ1) is 14.4. The van der Waals surface area contributed by atoms with E-state index in [1.54, 1.807) is 0 Å². The zero-order chi connectivity index (χ0) is 13.4. The number of phenols is 2. The van der Waals surface area contributed by atoms with Gasteiger partial charge >= 0.3 is 0 Å². The van der Waals surface area contributed by atoms with E-state index in [2.05, 4.69) is 5.32 Å². The molecule has 0 fully saturated rings. The molecule has 0 bridgehead atoms. The van der Waals surface area contributed by atoms with Crippen LogP contribution in [0.2, 0.25) is 5.02 Å². The lowest BCUT2D eigenvalue weighted by Gasteiger charge is -2.21. The van der Waals surface area contributed by atoms with Crippen LogP contribution in [0.15, 0.2) is 6.07 Å². The molecule has 0 aliphatic heterocycles. The zero-order valence-corrected chi connectivity index (χ0v) is 12.5. The van der Waals surface area contributed by atoms with Crippen LogP contribution < -0.4 is 5.32 Å². The number of carbonyl (C=O) groups is 1. The van der Waals surface area contributed by atoms with Crippen molar-refractivity contribution in [1.82, 2.24) is 5.32 Å². The quantitative estimate of drug-likeness (QED) is 0.527. The molecule has 0 aliphatic carbocycles. The van der Waals surface area contributed by atoms with Crippen molar-refractivity contribution in [2.24, 2.45) is 0 Å². The summed E-state index contributed by atoms with van der Waals surface area (Å²) in [5.74, 6) is -1.21. The van der Waals surface area contributed by atoms with E-state index < -0.39 is 11.3 Å². The SMILES string of the molecule is CC(C)(C)NC(=O)c1c(I)cc(O)c(O)c1Cl. The standard InChI is InChI=1S/C11H13ClINO3/c1-11(2,3)14-10(17)7-5(13)4-6(15)9(16)8(7)12/h4,15-16H,1-3H3,(H,14,17). The van der Waals surface area contributed by atoms with Crippen molar-refractivity contribution in [2.45, 2.75) is 26.3 Å². The second-order valence-corrected chi connectivity index (χ2v) is 6.16. The minimum Gasteiger partial charge on any atom is -0.504 e. The van der Waals surface area contributed by atoms with E-state index in [0.717, 1.165) is 0 Å². The molecule has 0 saturated heterocycles. The molecule has 0 atom stereocenters. The van der Waals surface area contributed by atoms with Gasteiger partial charge in [0.15, 0.2) is 11.5 Å². The highest BCUT2D eigenvalue weighted by Gasteiger charge is 2.23. The molecule has 1 rings (SSSR count). The highest BCUT2D eigenvalue weighted by atomic mass is 127. The van der Waals surface area contributed by atoms with E-state index in [-0.39, 0.29) is 22.2 Å². The van der Waals surface area contributed by atoms with E-state index in [1.807, 2.05) is 43.4 Å². The van der Waals surface area contributed by atoms with Crippen LogP contribution in [0, 0.1) is 3.57 Å². The van der Waals surface area contributed by atoms with E-state index >= 15 is 0 Å². The molecule has 94 valence electrons. The van der Waals surface area contributed by atoms with Gasteiger partial charge in [0.25, 0.3) is 5.91 Å². The van der Waals surface area contributed by atoms with Crippen LogP contribution in [0.5, 0.6) is 11.5 Å². The Kier molecular flexibility index (Phi) is 4.14. The van der Waals surface area contributed by atoms with Crippen LogP contribution in [0.1, 0.15) is 31.1 Å². The summed E-state index contributed by atoms with van der Waals surface area (Å²) in [5.41, 5.74) is -0.241. The molecule has 0 spiro atoms. The van der Waals surface area contributed by atoms with Gasteiger partial charge in [0.2, 0.25) is 0 Å². The Morgan fingerprint density at radius 2 is 1.94 bits per heavy atom. The van der Waals surface area contributed by atoms with E-state index in [4.69, 9.17) is 11.6 Å². The second-order valence-electron chi connectivity index (χ2n) is 4.62. The van der Waals surface area contributed by atoms with Crippen molar-refractivity contribution in [3.63, 3.8) is 0 Å². The maximum atomic E-state index is 12.0. The Labute approximate surface area is 118 Å². The summed E-state index contributed by atoms with van der Waals surface area (Å²) in [6.07, 6.45) is 0. The van der Waals surface area contributed by atoms with Crippen molar-refractivity contribution in [2.75, 3.05) is 0 Å². The van der Waals surface area contributed by atoms with Crippen molar-refractivity contribution in [3.8, 4) is 11.5 Å². The van der Waals surface area contributed by atoms with Crippen LogP contribution >= 0.6 is 34.2 Å². The van der Waals surface area contributed by atoms with Crippen LogP contribution in [0.25, 0.3) is 0 Å². The monoisotopic (exact) mass is 369 g/mol.